The molecule has 7 rings (SSSR count). The summed E-state index contributed by atoms with van der Waals surface area (Å²) in [6.45, 7) is 4.46. The number of nitrogens with zero attached hydrogens (tertiary/aromatic N) is 8. The molecular formula is C31H33N9O2. The zero-order valence-corrected chi connectivity index (χ0v) is 23.9. The average Bonchev–Trinajstić information content (AvgIpc) is 3.56. The predicted octanol–water partition coefficient (Wildman–Crippen LogP) is 4.44. The Hall–Kier alpha value is -4.77. The molecule has 1 aliphatic carbocycles. The Morgan fingerprint density at radius 1 is 1.07 bits per heavy atom. The fourth-order valence-corrected chi connectivity index (χ4v) is 6.22. The molecule has 0 atom stereocenters. The lowest BCUT2D eigenvalue weighted by molar-refractivity contribution is -0.145. The van der Waals surface area contributed by atoms with Crippen molar-refractivity contribution in [3.63, 3.8) is 0 Å². The molecule has 214 valence electrons. The number of aromatic nitrogens is 6. The molecular weight excluding hydrogens is 530 g/mol. The number of fused-ring (bicyclic) bond motifs is 2. The zero-order valence-electron chi connectivity index (χ0n) is 23.9. The third-order valence-corrected chi connectivity index (χ3v) is 8.30. The first kappa shape index (κ1) is 26.1. The van der Waals surface area contributed by atoms with Gasteiger partial charge in [-0.15, -0.1) is 0 Å². The number of carbonyl (C=O) groups excluding carboxylic acids is 1. The number of hydrogen-bond donors (Lipinski definition) is 1. The van der Waals surface area contributed by atoms with Crippen LogP contribution in [-0.2, 0) is 4.79 Å². The van der Waals surface area contributed by atoms with E-state index in [2.05, 4.69) is 37.6 Å². The number of anilines is 2. The molecule has 2 fully saturated rings. The minimum atomic E-state index is 0.114. The third-order valence-electron chi connectivity index (χ3n) is 8.30. The van der Waals surface area contributed by atoms with Crippen LogP contribution in [-0.4, -0.2) is 78.6 Å². The maximum Gasteiger partial charge on any atom is 0.246 e. The number of pyridine rings is 1. The summed E-state index contributed by atoms with van der Waals surface area (Å²) in [5, 5.41) is 12.1. The number of ether oxygens (including phenoxy) is 1. The maximum atomic E-state index is 12.5. The van der Waals surface area contributed by atoms with Crippen molar-refractivity contribution in [1.29, 1.82) is 0 Å². The second-order valence-corrected chi connectivity index (χ2v) is 11.8. The molecule has 1 N–H and O–H groups in total. The van der Waals surface area contributed by atoms with Gasteiger partial charge in [-0.05, 0) is 81.2 Å². The largest absolute Gasteiger partial charge is 0.457 e. The van der Waals surface area contributed by atoms with Crippen molar-refractivity contribution in [3.8, 4) is 11.5 Å². The summed E-state index contributed by atoms with van der Waals surface area (Å²) in [5.74, 6) is 2.77. The quantitative estimate of drug-likeness (QED) is 0.276. The molecule has 0 radical (unpaired) electrons. The topological polar surface area (TPSA) is 105 Å². The molecule has 1 saturated carbocycles. The van der Waals surface area contributed by atoms with Gasteiger partial charge in [0.1, 0.15) is 29.7 Å². The average molecular weight is 564 g/mol. The number of benzene rings is 1. The minimum absolute atomic E-state index is 0.114. The normalized spacial score (nSPS) is 16.4. The number of amides is 1. The van der Waals surface area contributed by atoms with Crippen molar-refractivity contribution in [2.45, 2.75) is 25.7 Å². The van der Waals surface area contributed by atoms with Gasteiger partial charge in [0, 0.05) is 55.3 Å². The molecule has 2 aliphatic rings. The number of rotatable bonds is 8. The Bertz CT molecular complexity index is 1810. The van der Waals surface area contributed by atoms with Crippen LogP contribution in [0.3, 0.4) is 0 Å². The van der Waals surface area contributed by atoms with E-state index >= 15 is 0 Å². The Morgan fingerprint density at radius 3 is 2.67 bits per heavy atom. The summed E-state index contributed by atoms with van der Waals surface area (Å²) in [7, 11) is 3.99. The highest BCUT2D eigenvalue weighted by atomic mass is 16.5. The van der Waals surface area contributed by atoms with Gasteiger partial charge in [-0.1, -0.05) is 6.08 Å². The first-order valence-electron chi connectivity index (χ1n) is 14.1. The minimum Gasteiger partial charge on any atom is -0.457 e. The molecule has 5 heterocycles. The number of carbonyl (C=O) groups is 1. The number of likely N-dealkylation sites (N-methyl/N-ethyl adjacent to an activating group) is 1. The maximum absolute atomic E-state index is 12.5. The monoisotopic (exact) mass is 563 g/mol. The van der Waals surface area contributed by atoms with Crippen LogP contribution in [0, 0.1) is 12.3 Å². The van der Waals surface area contributed by atoms with Gasteiger partial charge in [-0.2, -0.15) is 10.2 Å². The van der Waals surface area contributed by atoms with Gasteiger partial charge in [0.25, 0.3) is 0 Å². The standard InChI is InChI=1S/C31H33N9O2/c1-21-13-23(6-7-26(21)42-24-8-11-39-27(14-24)32-19-34-39)36-30-29-25(9-12-40(29)35-20-33-30)22-15-31(16-22)17-38(18-31)28(41)5-4-10-37(2)3/h4-9,11-14,19-20,22H,10,15-18H2,1-3H3,(H,33,35,36)/b5-4+. The van der Waals surface area contributed by atoms with Crippen molar-refractivity contribution in [3.05, 3.63) is 84.7 Å². The second kappa shape index (κ2) is 10.3. The van der Waals surface area contributed by atoms with Crippen LogP contribution in [0.25, 0.3) is 11.2 Å². The SMILES string of the molecule is Cc1cc(Nc2ncnn3ccc(C4CC5(C4)CN(C(=O)/C=C/CN(C)C)C5)c23)ccc1Oc1ccn2ncnc2c1. The van der Waals surface area contributed by atoms with Crippen molar-refractivity contribution in [1.82, 2.24) is 39.0 Å². The van der Waals surface area contributed by atoms with Gasteiger partial charge in [0.15, 0.2) is 11.5 Å². The molecule has 1 amide bonds. The lowest BCUT2D eigenvalue weighted by Crippen LogP contribution is -2.62. The van der Waals surface area contributed by atoms with Gasteiger partial charge < -0.3 is 19.9 Å². The van der Waals surface area contributed by atoms with E-state index in [1.165, 1.54) is 11.9 Å². The Labute approximate surface area is 243 Å². The Balaban J connectivity index is 1.03. The van der Waals surface area contributed by atoms with Crippen LogP contribution in [0.2, 0.25) is 0 Å². The van der Waals surface area contributed by atoms with Crippen LogP contribution < -0.4 is 10.1 Å². The van der Waals surface area contributed by atoms with E-state index in [1.54, 1.807) is 16.9 Å². The molecule has 11 heteroatoms. The van der Waals surface area contributed by atoms with Crippen molar-refractivity contribution < 1.29 is 9.53 Å². The van der Waals surface area contributed by atoms with Gasteiger partial charge in [0.05, 0.1) is 0 Å². The molecule has 5 aromatic rings. The van der Waals surface area contributed by atoms with Crippen molar-refractivity contribution >= 4 is 28.6 Å². The molecule has 11 nitrogen and oxygen atoms in total. The van der Waals surface area contributed by atoms with E-state index in [4.69, 9.17) is 4.74 Å². The predicted molar refractivity (Wildman–Crippen MR) is 159 cm³/mol. The van der Waals surface area contributed by atoms with Crippen LogP contribution in [0.1, 0.15) is 29.9 Å². The summed E-state index contributed by atoms with van der Waals surface area (Å²) in [4.78, 5) is 25.3. The summed E-state index contributed by atoms with van der Waals surface area (Å²) in [6, 6.07) is 11.9. The number of aryl methyl sites for hydroxylation is 1. The fourth-order valence-electron chi connectivity index (χ4n) is 6.22. The number of nitrogens with one attached hydrogen (secondary N) is 1. The summed E-state index contributed by atoms with van der Waals surface area (Å²) < 4.78 is 9.73. The Kier molecular flexibility index (Phi) is 6.38. The van der Waals surface area contributed by atoms with E-state index in [9.17, 15) is 4.79 Å². The molecule has 0 unspecified atom stereocenters. The van der Waals surface area contributed by atoms with E-state index in [-0.39, 0.29) is 11.3 Å². The molecule has 1 spiro atoms. The first-order valence-corrected chi connectivity index (χ1v) is 14.1. The van der Waals surface area contributed by atoms with Gasteiger partial charge in [0.2, 0.25) is 5.91 Å². The van der Waals surface area contributed by atoms with Crippen molar-refractivity contribution in [2.24, 2.45) is 5.41 Å². The van der Waals surface area contributed by atoms with E-state index in [1.807, 2.05) is 78.1 Å². The highest BCUT2D eigenvalue weighted by Gasteiger charge is 2.54. The van der Waals surface area contributed by atoms with Crippen LogP contribution in [0.4, 0.5) is 11.5 Å². The lowest BCUT2D eigenvalue weighted by atomic mass is 9.56. The number of likely N-dealkylation sites (tertiary alicyclic amines) is 1. The number of hydrogen-bond acceptors (Lipinski definition) is 8. The lowest BCUT2D eigenvalue weighted by Gasteiger charge is -2.59. The molecule has 1 aliphatic heterocycles. The van der Waals surface area contributed by atoms with E-state index in [0.717, 1.165) is 66.5 Å². The van der Waals surface area contributed by atoms with Crippen molar-refractivity contribution in [2.75, 3.05) is 39.0 Å². The summed E-state index contributed by atoms with van der Waals surface area (Å²) >= 11 is 0. The van der Waals surface area contributed by atoms with Crippen LogP contribution >= 0.6 is 0 Å². The molecule has 1 saturated heterocycles. The summed E-state index contributed by atoms with van der Waals surface area (Å²) in [5.41, 5.74) is 5.12. The molecule has 0 bridgehead atoms. The van der Waals surface area contributed by atoms with Crippen LogP contribution in [0.5, 0.6) is 11.5 Å². The van der Waals surface area contributed by atoms with Crippen LogP contribution in [0.15, 0.2) is 73.6 Å². The van der Waals surface area contributed by atoms with Gasteiger partial charge in [-0.3, -0.25) is 4.79 Å². The fraction of sp³-hybridized carbons (Fsp3) is 0.323. The molecule has 4 aromatic heterocycles. The van der Waals surface area contributed by atoms with E-state index < -0.39 is 0 Å². The second-order valence-electron chi connectivity index (χ2n) is 11.8. The smallest absolute Gasteiger partial charge is 0.246 e. The zero-order chi connectivity index (χ0) is 28.8. The van der Waals surface area contributed by atoms with Gasteiger partial charge >= 0.3 is 0 Å². The van der Waals surface area contributed by atoms with E-state index in [0.29, 0.717) is 11.7 Å². The van der Waals surface area contributed by atoms with Gasteiger partial charge in [-0.25, -0.2) is 19.0 Å². The molecule has 42 heavy (non-hydrogen) atoms. The highest BCUT2D eigenvalue weighted by molar-refractivity contribution is 5.88. The molecule has 1 aromatic carbocycles. The highest BCUT2D eigenvalue weighted by Crippen LogP contribution is 2.57. The Morgan fingerprint density at radius 2 is 1.86 bits per heavy atom. The summed E-state index contributed by atoms with van der Waals surface area (Å²) in [6.07, 6.45) is 12.7. The first-order chi connectivity index (χ1) is 20.4. The third kappa shape index (κ3) is 4.85.